The SMILES string of the molecule is C=CCOC(=O)[C@H](C)N1C(=O)/C(=C/c2ccc(Br)cc2)SC1=S. The topological polar surface area (TPSA) is 46.6 Å². The molecule has 1 aromatic rings. The van der Waals surface area contributed by atoms with Crippen molar-refractivity contribution in [2.45, 2.75) is 13.0 Å². The molecule has 7 heteroatoms. The van der Waals surface area contributed by atoms with Crippen LogP contribution in [0.15, 0.2) is 46.3 Å². The van der Waals surface area contributed by atoms with Crippen LogP contribution in [-0.2, 0) is 14.3 Å². The lowest BCUT2D eigenvalue weighted by molar-refractivity contribution is -0.149. The van der Waals surface area contributed by atoms with E-state index in [-0.39, 0.29) is 12.5 Å². The molecule has 120 valence electrons. The van der Waals surface area contributed by atoms with E-state index in [1.165, 1.54) is 22.7 Å². The van der Waals surface area contributed by atoms with Crippen LogP contribution in [0.2, 0.25) is 0 Å². The molecule has 23 heavy (non-hydrogen) atoms. The van der Waals surface area contributed by atoms with Crippen LogP contribution in [0.3, 0.4) is 0 Å². The number of thiocarbonyl (C=S) groups is 1. The molecule has 1 saturated heterocycles. The van der Waals surface area contributed by atoms with Gasteiger partial charge >= 0.3 is 5.97 Å². The molecule has 0 saturated carbocycles. The summed E-state index contributed by atoms with van der Waals surface area (Å²) in [7, 11) is 0. The molecule has 2 rings (SSSR count). The van der Waals surface area contributed by atoms with E-state index in [1.54, 1.807) is 13.0 Å². The predicted molar refractivity (Wildman–Crippen MR) is 99.8 cm³/mol. The summed E-state index contributed by atoms with van der Waals surface area (Å²) in [4.78, 5) is 26.2. The van der Waals surface area contributed by atoms with Gasteiger partial charge in [-0.15, -0.1) is 0 Å². The van der Waals surface area contributed by atoms with E-state index in [4.69, 9.17) is 17.0 Å². The zero-order valence-corrected chi connectivity index (χ0v) is 15.5. The van der Waals surface area contributed by atoms with Gasteiger partial charge in [-0.3, -0.25) is 9.69 Å². The van der Waals surface area contributed by atoms with E-state index in [2.05, 4.69) is 22.5 Å². The number of halogens is 1. The van der Waals surface area contributed by atoms with Crippen LogP contribution >= 0.6 is 39.9 Å². The van der Waals surface area contributed by atoms with Crippen molar-refractivity contribution in [1.29, 1.82) is 0 Å². The van der Waals surface area contributed by atoms with Crippen molar-refractivity contribution < 1.29 is 14.3 Å². The Morgan fingerprint density at radius 2 is 2.13 bits per heavy atom. The number of carbonyl (C=O) groups excluding carboxylic acids is 2. The lowest BCUT2D eigenvalue weighted by Gasteiger charge is -2.21. The molecule has 1 aromatic carbocycles. The third-order valence-electron chi connectivity index (χ3n) is 3.06. The molecule has 1 atom stereocenters. The summed E-state index contributed by atoms with van der Waals surface area (Å²) < 4.78 is 6.29. The molecule has 0 unspecified atom stereocenters. The molecule has 1 aliphatic heterocycles. The highest BCUT2D eigenvalue weighted by Crippen LogP contribution is 2.34. The van der Waals surface area contributed by atoms with Gasteiger partial charge in [-0.2, -0.15) is 0 Å². The van der Waals surface area contributed by atoms with E-state index in [0.717, 1.165) is 10.0 Å². The van der Waals surface area contributed by atoms with E-state index < -0.39 is 12.0 Å². The zero-order valence-electron chi connectivity index (χ0n) is 12.3. The van der Waals surface area contributed by atoms with Gasteiger partial charge in [0.05, 0.1) is 4.91 Å². The Morgan fingerprint density at radius 1 is 1.48 bits per heavy atom. The average Bonchev–Trinajstić information content (AvgIpc) is 2.80. The first-order valence-corrected chi connectivity index (χ1v) is 8.76. The number of carbonyl (C=O) groups is 2. The highest BCUT2D eigenvalue weighted by atomic mass is 79.9. The molecule has 0 aliphatic carbocycles. The minimum atomic E-state index is -0.765. The standard InChI is InChI=1S/C16H14BrNO3S2/c1-3-8-21-15(20)10(2)18-14(19)13(23-16(18)22)9-11-4-6-12(17)7-5-11/h3-7,9-10H,1,8H2,2H3/b13-9-/t10-/m0/s1. The number of ether oxygens (including phenoxy) is 1. The first kappa shape index (κ1) is 17.9. The molecule has 0 radical (unpaired) electrons. The molecular weight excluding hydrogens is 398 g/mol. The predicted octanol–water partition coefficient (Wildman–Crippen LogP) is 3.77. The number of hydrogen-bond donors (Lipinski definition) is 0. The third kappa shape index (κ3) is 4.31. The molecule has 1 heterocycles. The fraction of sp³-hybridized carbons (Fsp3) is 0.188. The number of hydrogen-bond acceptors (Lipinski definition) is 5. The Hall–Kier alpha value is -1.44. The zero-order chi connectivity index (χ0) is 17.0. The van der Waals surface area contributed by atoms with Gasteiger partial charge < -0.3 is 4.74 Å². The highest BCUT2D eigenvalue weighted by molar-refractivity contribution is 9.10. The Labute approximate surface area is 152 Å². The first-order valence-electron chi connectivity index (χ1n) is 6.74. The molecule has 0 spiro atoms. The number of thioether (sulfide) groups is 1. The van der Waals surface area contributed by atoms with Crippen molar-refractivity contribution in [2.24, 2.45) is 0 Å². The fourth-order valence-electron chi connectivity index (χ4n) is 1.89. The monoisotopic (exact) mass is 411 g/mol. The van der Waals surface area contributed by atoms with Gasteiger partial charge in [-0.05, 0) is 30.7 Å². The number of rotatable bonds is 5. The number of benzene rings is 1. The van der Waals surface area contributed by atoms with Gasteiger partial charge in [0.15, 0.2) is 0 Å². The largest absolute Gasteiger partial charge is 0.460 e. The van der Waals surface area contributed by atoms with Crippen molar-refractivity contribution in [3.63, 3.8) is 0 Å². The second-order valence-electron chi connectivity index (χ2n) is 4.70. The van der Waals surface area contributed by atoms with Crippen LogP contribution in [-0.4, -0.2) is 33.7 Å². The smallest absolute Gasteiger partial charge is 0.329 e. The summed E-state index contributed by atoms with van der Waals surface area (Å²) in [6.07, 6.45) is 3.23. The summed E-state index contributed by atoms with van der Waals surface area (Å²) >= 11 is 9.78. The molecule has 1 fully saturated rings. The molecule has 0 N–H and O–H groups in total. The fourth-order valence-corrected chi connectivity index (χ4v) is 3.57. The molecule has 0 bridgehead atoms. The maximum Gasteiger partial charge on any atom is 0.329 e. The maximum atomic E-state index is 12.5. The second-order valence-corrected chi connectivity index (χ2v) is 7.29. The van der Waals surface area contributed by atoms with E-state index in [1.807, 2.05) is 24.3 Å². The molecule has 0 aromatic heterocycles. The summed E-state index contributed by atoms with van der Waals surface area (Å²) in [5, 5.41) is 0. The van der Waals surface area contributed by atoms with Crippen LogP contribution in [0.1, 0.15) is 12.5 Å². The Morgan fingerprint density at radius 3 is 2.74 bits per heavy atom. The van der Waals surface area contributed by atoms with Crippen molar-refractivity contribution >= 4 is 62.2 Å². The van der Waals surface area contributed by atoms with Crippen LogP contribution in [0.25, 0.3) is 6.08 Å². The summed E-state index contributed by atoms with van der Waals surface area (Å²) in [5.41, 5.74) is 0.885. The van der Waals surface area contributed by atoms with Gasteiger partial charge in [0.25, 0.3) is 5.91 Å². The van der Waals surface area contributed by atoms with Gasteiger partial charge in [0, 0.05) is 4.47 Å². The highest BCUT2D eigenvalue weighted by Gasteiger charge is 2.38. The van der Waals surface area contributed by atoms with Crippen molar-refractivity contribution in [3.05, 3.63) is 51.9 Å². The number of amides is 1. The minimum Gasteiger partial charge on any atom is -0.460 e. The van der Waals surface area contributed by atoms with Crippen molar-refractivity contribution in [3.8, 4) is 0 Å². The van der Waals surface area contributed by atoms with Gasteiger partial charge in [0.1, 0.15) is 17.0 Å². The van der Waals surface area contributed by atoms with E-state index in [9.17, 15) is 9.59 Å². The first-order chi connectivity index (χ1) is 10.9. The van der Waals surface area contributed by atoms with Gasteiger partial charge in [-0.1, -0.05) is 64.7 Å². The molecular formula is C16H14BrNO3S2. The van der Waals surface area contributed by atoms with Crippen molar-refractivity contribution in [1.82, 2.24) is 4.90 Å². The molecule has 1 amide bonds. The summed E-state index contributed by atoms with van der Waals surface area (Å²) in [6.45, 7) is 5.18. The third-order valence-corrected chi connectivity index (χ3v) is 4.92. The lowest BCUT2D eigenvalue weighted by Crippen LogP contribution is -2.42. The van der Waals surface area contributed by atoms with E-state index in [0.29, 0.717) is 9.23 Å². The number of esters is 1. The Balaban J connectivity index is 2.17. The van der Waals surface area contributed by atoms with Crippen molar-refractivity contribution in [2.75, 3.05) is 6.61 Å². The Bertz CT molecular complexity index is 685. The van der Waals surface area contributed by atoms with Crippen LogP contribution < -0.4 is 0 Å². The maximum absolute atomic E-state index is 12.5. The normalized spacial score (nSPS) is 17.5. The van der Waals surface area contributed by atoms with Gasteiger partial charge in [0.2, 0.25) is 0 Å². The van der Waals surface area contributed by atoms with Gasteiger partial charge in [-0.25, -0.2) is 4.79 Å². The van der Waals surface area contributed by atoms with Crippen LogP contribution in [0.4, 0.5) is 0 Å². The molecule has 4 nitrogen and oxygen atoms in total. The summed E-state index contributed by atoms with van der Waals surface area (Å²) in [5.74, 6) is -0.794. The second kappa shape index (κ2) is 7.90. The average molecular weight is 412 g/mol. The molecule has 1 aliphatic rings. The minimum absolute atomic E-state index is 0.104. The quantitative estimate of drug-likeness (QED) is 0.319. The van der Waals surface area contributed by atoms with E-state index >= 15 is 0 Å². The van der Waals surface area contributed by atoms with Crippen LogP contribution in [0.5, 0.6) is 0 Å². The summed E-state index contributed by atoms with van der Waals surface area (Å²) in [6, 6.07) is 6.79. The number of nitrogens with zero attached hydrogens (tertiary/aromatic N) is 1. The van der Waals surface area contributed by atoms with Crippen LogP contribution in [0, 0.1) is 0 Å². The Kier molecular flexibility index (Phi) is 6.15. The lowest BCUT2D eigenvalue weighted by atomic mass is 10.2.